The van der Waals surface area contributed by atoms with Gasteiger partial charge < -0.3 is 15.5 Å². The van der Waals surface area contributed by atoms with Crippen LogP contribution in [0.5, 0.6) is 0 Å². The zero-order valence-corrected chi connectivity index (χ0v) is 10.7. The van der Waals surface area contributed by atoms with Crippen molar-refractivity contribution in [2.75, 3.05) is 5.32 Å². The maximum absolute atomic E-state index is 13.6. The molecule has 0 aliphatic heterocycles. The van der Waals surface area contributed by atoms with Crippen molar-refractivity contribution in [3.63, 3.8) is 0 Å². The Bertz CT molecular complexity index is 580. The van der Waals surface area contributed by atoms with Gasteiger partial charge in [-0.3, -0.25) is 0 Å². The van der Waals surface area contributed by atoms with Crippen molar-refractivity contribution in [3.05, 3.63) is 53.2 Å². The fraction of sp³-hybridized carbons (Fsp3) is 0.154. The summed E-state index contributed by atoms with van der Waals surface area (Å²) in [6.45, 7) is 2.32. The third kappa shape index (κ3) is 2.68. The summed E-state index contributed by atoms with van der Waals surface area (Å²) >= 11 is 4.85. The molecule has 0 unspecified atom stereocenters. The molecule has 18 heavy (non-hydrogen) atoms. The lowest BCUT2D eigenvalue weighted by molar-refractivity contribution is 0.490. The molecule has 2 rings (SSSR count). The number of hydrogen-bond donors (Lipinski definition) is 2. The van der Waals surface area contributed by atoms with E-state index in [9.17, 15) is 4.39 Å². The molecule has 0 radical (unpaired) electrons. The van der Waals surface area contributed by atoms with Gasteiger partial charge in [-0.2, -0.15) is 0 Å². The van der Waals surface area contributed by atoms with Crippen molar-refractivity contribution in [1.29, 1.82) is 0 Å². The van der Waals surface area contributed by atoms with Crippen LogP contribution in [0.2, 0.25) is 0 Å². The molecular weight excluding hydrogens is 251 g/mol. The summed E-state index contributed by atoms with van der Waals surface area (Å²) in [5.74, 6) is 1.18. The van der Waals surface area contributed by atoms with Crippen molar-refractivity contribution >= 4 is 22.9 Å². The Labute approximate surface area is 110 Å². The number of nitrogens with one attached hydrogen (secondary N) is 1. The van der Waals surface area contributed by atoms with Gasteiger partial charge in [-0.05, 0) is 31.2 Å². The highest BCUT2D eigenvalue weighted by Crippen LogP contribution is 2.20. The average Bonchev–Trinajstić information content (AvgIpc) is 2.72. The van der Waals surface area contributed by atoms with Gasteiger partial charge in [0.05, 0.1) is 12.1 Å². The second kappa shape index (κ2) is 5.18. The van der Waals surface area contributed by atoms with Crippen molar-refractivity contribution in [3.8, 4) is 0 Å². The van der Waals surface area contributed by atoms with E-state index in [-0.39, 0.29) is 10.6 Å². The summed E-state index contributed by atoms with van der Waals surface area (Å²) in [5.41, 5.74) is 6.31. The first-order chi connectivity index (χ1) is 8.58. The smallest absolute Gasteiger partial charge is 0.135 e. The minimum atomic E-state index is -0.428. The second-order valence-corrected chi connectivity index (χ2v) is 4.33. The molecule has 0 spiro atoms. The summed E-state index contributed by atoms with van der Waals surface area (Å²) in [7, 11) is 0. The van der Waals surface area contributed by atoms with Gasteiger partial charge in [0, 0.05) is 5.69 Å². The molecule has 5 heteroatoms. The molecule has 0 bridgehead atoms. The fourth-order valence-corrected chi connectivity index (χ4v) is 1.89. The highest BCUT2D eigenvalue weighted by molar-refractivity contribution is 7.80. The minimum Gasteiger partial charge on any atom is -0.465 e. The molecule has 3 nitrogen and oxygen atoms in total. The molecular formula is C13H13FN2OS. The van der Waals surface area contributed by atoms with E-state index >= 15 is 0 Å². The highest BCUT2D eigenvalue weighted by atomic mass is 32.1. The number of nitrogens with two attached hydrogens (primary N) is 1. The summed E-state index contributed by atoms with van der Waals surface area (Å²) in [5, 5.41) is 3.06. The first-order valence-electron chi connectivity index (χ1n) is 5.45. The third-order valence-electron chi connectivity index (χ3n) is 2.51. The number of furan rings is 1. The van der Waals surface area contributed by atoms with E-state index < -0.39 is 5.82 Å². The minimum absolute atomic E-state index is 0.0335. The van der Waals surface area contributed by atoms with Crippen LogP contribution >= 0.6 is 12.2 Å². The van der Waals surface area contributed by atoms with Crippen molar-refractivity contribution in [2.45, 2.75) is 13.5 Å². The molecule has 0 atom stereocenters. The largest absolute Gasteiger partial charge is 0.465 e. The van der Waals surface area contributed by atoms with Gasteiger partial charge in [-0.15, -0.1) is 0 Å². The Morgan fingerprint density at radius 1 is 1.39 bits per heavy atom. The summed E-state index contributed by atoms with van der Waals surface area (Å²) in [6.07, 6.45) is 0. The number of anilines is 1. The van der Waals surface area contributed by atoms with E-state index in [0.29, 0.717) is 12.2 Å². The van der Waals surface area contributed by atoms with Gasteiger partial charge in [0.25, 0.3) is 0 Å². The van der Waals surface area contributed by atoms with Crippen molar-refractivity contribution < 1.29 is 8.81 Å². The molecule has 94 valence electrons. The number of rotatable bonds is 4. The fourth-order valence-electron chi connectivity index (χ4n) is 1.68. The van der Waals surface area contributed by atoms with E-state index in [1.807, 2.05) is 19.1 Å². The summed E-state index contributed by atoms with van der Waals surface area (Å²) in [6, 6.07) is 8.40. The average molecular weight is 264 g/mol. The lowest BCUT2D eigenvalue weighted by Gasteiger charge is -2.10. The Hall–Kier alpha value is -1.88. The van der Waals surface area contributed by atoms with Crippen molar-refractivity contribution in [1.82, 2.24) is 0 Å². The molecule has 0 saturated carbocycles. The molecule has 2 aromatic rings. The van der Waals surface area contributed by atoms with E-state index in [0.717, 1.165) is 11.5 Å². The van der Waals surface area contributed by atoms with E-state index in [2.05, 4.69) is 5.32 Å². The van der Waals surface area contributed by atoms with Gasteiger partial charge in [-0.25, -0.2) is 4.39 Å². The van der Waals surface area contributed by atoms with Gasteiger partial charge in [0.2, 0.25) is 0 Å². The lowest BCUT2D eigenvalue weighted by Crippen LogP contribution is -2.15. The van der Waals surface area contributed by atoms with E-state index in [4.69, 9.17) is 22.4 Å². The summed E-state index contributed by atoms with van der Waals surface area (Å²) < 4.78 is 19.0. The molecule has 0 aliphatic carbocycles. The van der Waals surface area contributed by atoms with Crippen LogP contribution in [0.1, 0.15) is 17.1 Å². The van der Waals surface area contributed by atoms with Gasteiger partial charge in [0.15, 0.2) is 0 Å². The van der Waals surface area contributed by atoms with Crippen LogP contribution in [-0.2, 0) is 6.54 Å². The maximum atomic E-state index is 13.6. The van der Waals surface area contributed by atoms with E-state index in [1.54, 1.807) is 12.1 Å². The molecule has 0 aliphatic rings. The zero-order valence-electron chi connectivity index (χ0n) is 9.87. The summed E-state index contributed by atoms with van der Waals surface area (Å²) in [4.78, 5) is 0.0335. The quantitative estimate of drug-likeness (QED) is 0.834. The maximum Gasteiger partial charge on any atom is 0.135 e. The number of thiocarbonyl (C=S) groups is 1. The first kappa shape index (κ1) is 12.6. The normalized spacial score (nSPS) is 10.3. The lowest BCUT2D eigenvalue weighted by atomic mass is 10.1. The number of halogens is 1. The number of hydrogen-bond acceptors (Lipinski definition) is 3. The Morgan fingerprint density at radius 2 is 2.17 bits per heavy atom. The second-order valence-electron chi connectivity index (χ2n) is 3.89. The predicted molar refractivity (Wildman–Crippen MR) is 73.1 cm³/mol. The zero-order chi connectivity index (χ0) is 13.1. The van der Waals surface area contributed by atoms with Crippen LogP contribution in [0.15, 0.2) is 34.7 Å². The molecule has 1 heterocycles. The van der Waals surface area contributed by atoms with Gasteiger partial charge in [0.1, 0.15) is 22.3 Å². The Kier molecular flexibility index (Phi) is 3.62. The molecule has 0 saturated heterocycles. The Morgan fingerprint density at radius 3 is 2.78 bits per heavy atom. The molecule has 3 N–H and O–H groups in total. The Balaban J connectivity index is 2.19. The van der Waals surface area contributed by atoms with Crippen LogP contribution in [0, 0.1) is 12.7 Å². The van der Waals surface area contributed by atoms with Crippen LogP contribution in [0.3, 0.4) is 0 Å². The highest BCUT2D eigenvalue weighted by Gasteiger charge is 2.11. The first-order valence-corrected chi connectivity index (χ1v) is 5.86. The standard InChI is InChI=1S/C13H13FN2OS/c1-8-5-6-9(17-8)7-16-11-4-2-3-10(14)12(11)13(15)18/h2-6,16H,7H2,1H3,(H2,15,18). The number of benzene rings is 1. The molecule has 1 aromatic carbocycles. The van der Waals surface area contributed by atoms with Gasteiger partial charge in [-0.1, -0.05) is 18.3 Å². The van der Waals surface area contributed by atoms with Crippen LogP contribution < -0.4 is 11.1 Å². The van der Waals surface area contributed by atoms with Crippen LogP contribution in [0.4, 0.5) is 10.1 Å². The third-order valence-corrected chi connectivity index (χ3v) is 2.71. The van der Waals surface area contributed by atoms with Crippen molar-refractivity contribution in [2.24, 2.45) is 5.73 Å². The topological polar surface area (TPSA) is 51.2 Å². The number of aryl methyl sites for hydroxylation is 1. The van der Waals surface area contributed by atoms with Gasteiger partial charge >= 0.3 is 0 Å². The monoisotopic (exact) mass is 264 g/mol. The molecule has 0 fully saturated rings. The predicted octanol–water partition coefficient (Wildman–Crippen LogP) is 2.97. The van der Waals surface area contributed by atoms with Crippen LogP contribution in [-0.4, -0.2) is 4.99 Å². The van der Waals surface area contributed by atoms with Crippen LogP contribution in [0.25, 0.3) is 0 Å². The molecule has 1 aromatic heterocycles. The van der Waals surface area contributed by atoms with E-state index in [1.165, 1.54) is 6.07 Å². The SMILES string of the molecule is Cc1ccc(CNc2cccc(F)c2C(N)=S)o1. The molecule has 0 amide bonds.